The van der Waals surface area contributed by atoms with Crippen molar-refractivity contribution in [2.24, 2.45) is 0 Å². The number of rotatable bonds is 2. The van der Waals surface area contributed by atoms with Gasteiger partial charge in [-0.05, 0) is 29.0 Å². The molecule has 2 aromatic heterocycles. The van der Waals surface area contributed by atoms with Crippen LogP contribution < -0.4 is 5.32 Å². The molecular formula is C17H16N4OS. The Labute approximate surface area is 138 Å². The third-order valence-corrected chi connectivity index (χ3v) is 5.09. The summed E-state index contributed by atoms with van der Waals surface area (Å²) in [5, 5.41) is 11.6. The molecule has 0 saturated heterocycles. The number of hydrogen-bond donors (Lipinski definition) is 2. The molecule has 1 atom stereocenters. The van der Waals surface area contributed by atoms with Crippen molar-refractivity contribution in [3.63, 3.8) is 0 Å². The SMILES string of the molecule is O=C(Nc1cn[nH]c1)N1CCc2sccc2[C@@H]1c1ccccc1. The number of nitrogens with zero attached hydrogens (tertiary/aromatic N) is 2. The molecule has 2 amide bonds. The molecule has 0 unspecified atom stereocenters. The summed E-state index contributed by atoms with van der Waals surface area (Å²) in [5.41, 5.74) is 3.04. The number of thiophene rings is 1. The maximum absolute atomic E-state index is 12.8. The monoisotopic (exact) mass is 324 g/mol. The molecule has 0 fully saturated rings. The molecule has 3 aromatic rings. The lowest BCUT2D eigenvalue weighted by molar-refractivity contribution is 0.194. The van der Waals surface area contributed by atoms with Crippen LogP contribution in [0.1, 0.15) is 22.0 Å². The van der Waals surface area contributed by atoms with Gasteiger partial charge in [0.25, 0.3) is 0 Å². The van der Waals surface area contributed by atoms with Crippen molar-refractivity contribution in [2.75, 3.05) is 11.9 Å². The molecule has 0 spiro atoms. The van der Waals surface area contributed by atoms with E-state index in [0.29, 0.717) is 12.2 Å². The van der Waals surface area contributed by atoms with Crippen molar-refractivity contribution in [2.45, 2.75) is 12.5 Å². The van der Waals surface area contributed by atoms with Crippen molar-refractivity contribution in [1.29, 1.82) is 0 Å². The summed E-state index contributed by atoms with van der Waals surface area (Å²) < 4.78 is 0. The fourth-order valence-electron chi connectivity index (χ4n) is 3.04. The van der Waals surface area contributed by atoms with Crippen LogP contribution in [0.2, 0.25) is 0 Å². The van der Waals surface area contributed by atoms with Gasteiger partial charge in [0.2, 0.25) is 0 Å². The summed E-state index contributed by atoms with van der Waals surface area (Å²) in [5.74, 6) is 0. The summed E-state index contributed by atoms with van der Waals surface area (Å²) in [4.78, 5) is 16.0. The van der Waals surface area contributed by atoms with E-state index in [2.05, 4.69) is 39.1 Å². The summed E-state index contributed by atoms with van der Waals surface area (Å²) in [6.45, 7) is 0.705. The number of urea groups is 1. The molecule has 6 heteroatoms. The minimum atomic E-state index is -0.0999. The first-order chi connectivity index (χ1) is 11.3. The Kier molecular flexibility index (Phi) is 3.59. The minimum Gasteiger partial charge on any atom is -0.313 e. The highest BCUT2D eigenvalue weighted by atomic mass is 32.1. The summed E-state index contributed by atoms with van der Waals surface area (Å²) in [7, 11) is 0. The van der Waals surface area contributed by atoms with Gasteiger partial charge in [0.05, 0.1) is 17.9 Å². The van der Waals surface area contributed by atoms with Gasteiger partial charge < -0.3 is 10.2 Å². The van der Waals surface area contributed by atoms with Crippen LogP contribution in [0.25, 0.3) is 0 Å². The smallest absolute Gasteiger partial charge is 0.313 e. The molecule has 0 saturated carbocycles. The topological polar surface area (TPSA) is 61.0 Å². The predicted molar refractivity (Wildman–Crippen MR) is 90.6 cm³/mol. The molecule has 0 aliphatic carbocycles. The number of amides is 2. The van der Waals surface area contributed by atoms with Gasteiger partial charge in [0.15, 0.2) is 0 Å². The molecule has 0 radical (unpaired) electrons. The van der Waals surface area contributed by atoms with Crippen LogP contribution in [0.5, 0.6) is 0 Å². The number of anilines is 1. The number of nitrogens with one attached hydrogen (secondary N) is 2. The number of H-pyrrole nitrogens is 1. The Morgan fingerprint density at radius 2 is 2.17 bits per heavy atom. The van der Waals surface area contributed by atoms with Crippen LogP contribution in [-0.4, -0.2) is 27.7 Å². The molecule has 2 N–H and O–H groups in total. The highest BCUT2D eigenvalue weighted by molar-refractivity contribution is 7.10. The highest BCUT2D eigenvalue weighted by Gasteiger charge is 2.32. The van der Waals surface area contributed by atoms with Gasteiger partial charge in [-0.15, -0.1) is 11.3 Å². The minimum absolute atomic E-state index is 0.0434. The normalized spacial score (nSPS) is 16.9. The number of carbonyl (C=O) groups excluding carboxylic acids is 1. The average molecular weight is 324 g/mol. The number of hydrogen-bond acceptors (Lipinski definition) is 3. The second-order valence-electron chi connectivity index (χ2n) is 5.47. The number of aromatic nitrogens is 2. The highest BCUT2D eigenvalue weighted by Crippen LogP contribution is 2.37. The molecule has 1 aliphatic heterocycles. The van der Waals surface area contributed by atoms with E-state index in [0.717, 1.165) is 12.0 Å². The van der Waals surface area contributed by atoms with Crippen LogP contribution in [0, 0.1) is 0 Å². The lowest BCUT2D eigenvalue weighted by Crippen LogP contribution is -2.42. The van der Waals surface area contributed by atoms with E-state index in [9.17, 15) is 4.79 Å². The zero-order chi connectivity index (χ0) is 15.6. The first kappa shape index (κ1) is 14.0. The zero-order valence-corrected chi connectivity index (χ0v) is 13.2. The van der Waals surface area contributed by atoms with E-state index in [1.54, 1.807) is 23.7 Å². The van der Waals surface area contributed by atoms with Gasteiger partial charge >= 0.3 is 6.03 Å². The largest absolute Gasteiger partial charge is 0.322 e. The number of fused-ring (bicyclic) bond motifs is 1. The van der Waals surface area contributed by atoms with E-state index >= 15 is 0 Å². The van der Waals surface area contributed by atoms with Crippen LogP contribution in [-0.2, 0) is 6.42 Å². The number of carbonyl (C=O) groups is 1. The van der Waals surface area contributed by atoms with E-state index in [-0.39, 0.29) is 12.1 Å². The van der Waals surface area contributed by atoms with Crippen molar-refractivity contribution < 1.29 is 4.79 Å². The fraction of sp³-hybridized carbons (Fsp3) is 0.176. The Hall–Kier alpha value is -2.60. The first-order valence-electron chi connectivity index (χ1n) is 7.50. The van der Waals surface area contributed by atoms with E-state index < -0.39 is 0 Å². The lowest BCUT2D eigenvalue weighted by Gasteiger charge is -2.36. The standard InChI is InChI=1S/C17H16N4OS/c22-17(20-13-10-18-19-11-13)21-8-6-15-14(7-9-23-15)16(21)12-4-2-1-3-5-12/h1-5,7,9-11,16H,6,8H2,(H,18,19)(H,20,22)/t16-/m0/s1. The molecular weight excluding hydrogens is 308 g/mol. The number of aromatic amines is 1. The molecule has 3 heterocycles. The quantitative estimate of drug-likeness (QED) is 0.756. The molecule has 4 rings (SSSR count). The molecule has 1 aromatic carbocycles. The second-order valence-corrected chi connectivity index (χ2v) is 6.47. The van der Waals surface area contributed by atoms with Gasteiger partial charge in [0.1, 0.15) is 0 Å². The maximum Gasteiger partial charge on any atom is 0.322 e. The molecule has 116 valence electrons. The van der Waals surface area contributed by atoms with Crippen molar-refractivity contribution >= 4 is 23.1 Å². The Bertz CT molecular complexity index is 797. The number of benzene rings is 1. The zero-order valence-electron chi connectivity index (χ0n) is 12.4. The molecule has 5 nitrogen and oxygen atoms in total. The first-order valence-corrected chi connectivity index (χ1v) is 8.38. The van der Waals surface area contributed by atoms with Gasteiger partial charge in [-0.3, -0.25) is 5.10 Å². The third-order valence-electron chi connectivity index (χ3n) is 4.09. The Balaban J connectivity index is 1.69. The Morgan fingerprint density at radius 1 is 1.30 bits per heavy atom. The van der Waals surface area contributed by atoms with Gasteiger partial charge in [0, 0.05) is 17.6 Å². The van der Waals surface area contributed by atoms with Gasteiger partial charge in [-0.2, -0.15) is 5.10 Å². The van der Waals surface area contributed by atoms with E-state index in [1.807, 2.05) is 23.1 Å². The van der Waals surface area contributed by atoms with Crippen molar-refractivity contribution in [3.05, 3.63) is 70.2 Å². The summed E-state index contributed by atoms with van der Waals surface area (Å²) in [6, 6.07) is 12.2. The Morgan fingerprint density at radius 3 is 2.96 bits per heavy atom. The van der Waals surface area contributed by atoms with E-state index in [4.69, 9.17) is 0 Å². The van der Waals surface area contributed by atoms with Crippen LogP contribution in [0.3, 0.4) is 0 Å². The second kappa shape index (κ2) is 5.89. The van der Waals surface area contributed by atoms with Crippen molar-refractivity contribution in [1.82, 2.24) is 15.1 Å². The lowest BCUT2D eigenvalue weighted by atomic mass is 9.93. The molecule has 1 aliphatic rings. The van der Waals surface area contributed by atoms with Crippen LogP contribution in [0.4, 0.5) is 10.5 Å². The summed E-state index contributed by atoms with van der Waals surface area (Å²) >= 11 is 1.77. The van der Waals surface area contributed by atoms with Gasteiger partial charge in [-0.25, -0.2) is 4.79 Å². The maximum atomic E-state index is 12.8. The van der Waals surface area contributed by atoms with Crippen LogP contribution in [0.15, 0.2) is 54.2 Å². The van der Waals surface area contributed by atoms with E-state index in [1.165, 1.54) is 10.4 Å². The average Bonchev–Trinajstić information content (AvgIpc) is 3.25. The third kappa shape index (κ3) is 2.61. The molecule has 0 bridgehead atoms. The predicted octanol–water partition coefficient (Wildman–Crippen LogP) is 3.65. The van der Waals surface area contributed by atoms with Crippen LogP contribution >= 0.6 is 11.3 Å². The van der Waals surface area contributed by atoms with Gasteiger partial charge in [-0.1, -0.05) is 30.3 Å². The summed E-state index contributed by atoms with van der Waals surface area (Å²) in [6.07, 6.45) is 4.18. The molecule has 23 heavy (non-hydrogen) atoms. The van der Waals surface area contributed by atoms with Crippen molar-refractivity contribution in [3.8, 4) is 0 Å². The fourth-order valence-corrected chi connectivity index (χ4v) is 3.95.